The Morgan fingerprint density at radius 1 is 1.25 bits per heavy atom. The third kappa shape index (κ3) is 3.15. The van der Waals surface area contributed by atoms with Crippen molar-refractivity contribution < 1.29 is 13.9 Å². The Kier molecular flexibility index (Phi) is 4.33. The van der Waals surface area contributed by atoms with Crippen molar-refractivity contribution in [1.82, 2.24) is 9.55 Å². The number of halogens is 1. The second-order valence-electron chi connectivity index (χ2n) is 5.18. The molecular formula is C17H16FN3O3. The summed E-state index contributed by atoms with van der Waals surface area (Å²) in [4.78, 5) is 26.4. The first-order valence-corrected chi connectivity index (χ1v) is 7.48. The number of carbonyl (C=O) groups is 1. The lowest BCUT2D eigenvalue weighted by Crippen LogP contribution is -2.25. The van der Waals surface area contributed by atoms with Crippen molar-refractivity contribution in [3.63, 3.8) is 0 Å². The Morgan fingerprint density at radius 3 is 2.71 bits per heavy atom. The highest BCUT2D eigenvalue weighted by Crippen LogP contribution is 2.17. The van der Waals surface area contributed by atoms with E-state index in [0.29, 0.717) is 17.6 Å². The number of H-pyrrole nitrogens is 1. The molecule has 0 aliphatic carbocycles. The molecule has 0 fully saturated rings. The number of rotatable bonds is 4. The Bertz CT molecular complexity index is 928. The molecule has 6 nitrogen and oxygen atoms in total. The molecule has 0 saturated heterocycles. The van der Waals surface area contributed by atoms with Crippen LogP contribution in [0.1, 0.15) is 12.5 Å². The van der Waals surface area contributed by atoms with E-state index in [1.165, 1.54) is 12.1 Å². The van der Waals surface area contributed by atoms with Crippen LogP contribution >= 0.6 is 0 Å². The Balaban J connectivity index is 1.83. The van der Waals surface area contributed by atoms with Gasteiger partial charge in [0, 0.05) is 12.2 Å². The standard InChI is InChI=1S/C17H16FN3O3/c1-2-24-17(23)21-15-8-7-13(9-14(15)20-16(21)22)19-10-11-3-5-12(18)6-4-11/h3-9,19H,2,10H2,1H3,(H,20,22). The number of ether oxygens (including phenoxy) is 1. The molecule has 0 spiro atoms. The van der Waals surface area contributed by atoms with Crippen LogP contribution in [0.2, 0.25) is 0 Å². The number of hydrogen-bond acceptors (Lipinski definition) is 4. The summed E-state index contributed by atoms with van der Waals surface area (Å²) in [6.07, 6.45) is -0.708. The lowest BCUT2D eigenvalue weighted by molar-refractivity contribution is 0.154. The lowest BCUT2D eigenvalue weighted by Gasteiger charge is -2.07. The van der Waals surface area contributed by atoms with Crippen molar-refractivity contribution in [2.45, 2.75) is 13.5 Å². The number of nitrogens with zero attached hydrogens (tertiary/aromatic N) is 1. The zero-order valence-corrected chi connectivity index (χ0v) is 13.0. The average Bonchev–Trinajstić information content (AvgIpc) is 2.89. The van der Waals surface area contributed by atoms with E-state index in [1.54, 1.807) is 37.3 Å². The summed E-state index contributed by atoms with van der Waals surface area (Å²) in [5.74, 6) is -0.280. The molecular weight excluding hydrogens is 313 g/mol. The Labute approximate surface area is 136 Å². The van der Waals surface area contributed by atoms with Crippen LogP contribution in [0.5, 0.6) is 0 Å². The van der Waals surface area contributed by atoms with Crippen LogP contribution in [0.15, 0.2) is 47.3 Å². The fraction of sp³-hybridized carbons (Fsp3) is 0.176. The molecule has 0 amide bonds. The first kappa shape index (κ1) is 15.8. The largest absolute Gasteiger partial charge is 0.449 e. The van der Waals surface area contributed by atoms with Gasteiger partial charge in [0.05, 0.1) is 17.6 Å². The Morgan fingerprint density at radius 2 is 2.00 bits per heavy atom. The summed E-state index contributed by atoms with van der Waals surface area (Å²) < 4.78 is 18.7. The zero-order valence-electron chi connectivity index (χ0n) is 13.0. The van der Waals surface area contributed by atoms with Crippen LogP contribution in [-0.4, -0.2) is 22.3 Å². The van der Waals surface area contributed by atoms with Crippen LogP contribution < -0.4 is 11.0 Å². The fourth-order valence-electron chi connectivity index (χ4n) is 2.40. The quantitative estimate of drug-likeness (QED) is 0.771. The smallest absolute Gasteiger partial charge is 0.422 e. The molecule has 124 valence electrons. The minimum atomic E-state index is -0.708. The average molecular weight is 329 g/mol. The summed E-state index contributed by atoms with van der Waals surface area (Å²) in [5.41, 5.74) is 2.13. The number of fused-ring (bicyclic) bond motifs is 1. The molecule has 0 radical (unpaired) electrons. The van der Waals surface area contributed by atoms with E-state index in [0.717, 1.165) is 15.8 Å². The lowest BCUT2D eigenvalue weighted by atomic mass is 10.2. The van der Waals surface area contributed by atoms with Crippen molar-refractivity contribution in [3.8, 4) is 0 Å². The number of benzene rings is 2. The third-order valence-electron chi connectivity index (χ3n) is 3.54. The van der Waals surface area contributed by atoms with Gasteiger partial charge < -0.3 is 15.0 Å². The highest BCUT2D eigenvalue weighted by atomic mass is 19.1. The molecule has 0 unspecified atom stereocenters. The van der Waals surface area contributed by atoms with Crippen molar-refractivity contribution in [2.75, 3.05) is 11.9 Å². The van der Waals surface area contributed by atoms with Gasteiger partial charge in [0.2, 0.25) is 0 Å². The zero-order chi connectivity index (χ0) is 17.1. The van der Waals surface area contributed by atoms with Crippen LogP contribution in [0.25, 0.3) is 11.0 Å². The van der Waals surface area contributed by atoms with Gasteiger partial charge in [-0.25, -0.2) is 14.0 Å². The minimum Gasteiger partial charge on any atom is -0.449 e. The summed E-state index contributed by atoms with van der Waals surface area (Å²) >= 11 is 0. The molecule has 0 aliphatic heterocycles. The van der Waals surface area contributed by atoms with Crippen LogP contribution in [-0.2, 0) is 11.3 Å². The molecule has 0 saturated carbocycles. The summed E-state index contributed by atoms with van der Waals surface area (Å²) in [6, 6.07) is 11.3. The maximum Gasteiger partial charge on any atom is 0.422 e. The van der Waals surface area contributed by atoms with Gasteiger partial charge in [-0.15, -0.1) is 0 Å². The van der Waals surface area contributed by atoms with Crippen molar-refractivity contribution in [1.29, 1.82) is 0 Å². The number of aromatic nitrogens is 2. The van der Waals surface area contributed by atoms with Gasteiger partial charge in [-0.2, -0.15) is 4.57 Å². The van der Waals surface area contributed by atoms with Crippen LogP contribution in [0.4, 0.5) is 14.9 Å². The minimum absolute atomic E-state index is 0.190. The molecule has 3 rings (SSSR count). The van der Waals surface area contributed by atoms with E-state index in [9.17, 15) is 14.0 Å². The van der Waals surface area contributed by atoms with Gasteiger partial charge in [0.25, 0.3) is 0 Å². The molecule has 3 aromatic rings. The van der Waals surface area contributed by atoms with Gasteiger partial charge in [0.15, 0.2) is 0 Å². The first-order valence-electron chi connectivity index (χ1n) is 7.48. The van der Waals surface area contributed by atoms with Gasteiger partial charge in [-0.1, -0.05) is 12.1 Å². The maximum absolute atomic E-state index is 12.9. The number of carbonyl (C=O) groups excluding carboxylic acids is 1. The van der Waals surface area contributed by atoms with E-state index in [2.05, 4.69) is 10.3 Å². The molecule has 24 heavy (non-hydrogen) atoms. The predicted molar refractivity (Wildman–Crippen MR) is 88.7 cm³/mol. The number of nitrogens with one attached hydrogen (secondary N) is 2. The number of hydrogen-bond donors (Lipinski definition) is 2. The second kappa shape index (κ2) is 6.57. The van der Waals surface area contributed by atoms with Crippen molar-refractivity contribution in [2.24, 2.45) is 0 Å². The fourth-order valence-corrected chi connectivity index (χ4v) is 2.40. The van der Waals surface area contributed by atoms with E-state index in [1.807, 2.05) is 0 Å². The van der Waals surface area contributed by atoms with Crippen LogP contribution in [0.3, 0.4) is 0 Å². The van der Waals surface area contributed by atoms with Crippen LogP contribution in [0, 0.1) is 5.82 Å². The molecule has 1 aromatic heterocycles. The van der Waals surface area contributed by atoms with Gasteiger partial charge >= 0.3 is 11.8 Å². The summed E-state index contributed by atoms with van der Waals surface area (Å²) in [7, 11) is 0. The second-order valence-corrected chi connectivity index (χ2v) is 5.18. The van der Waals surface area contributed by atoms with Gasteiger partial charge in [-0.05, 0) is 42.8 Å². The first-order chi connectivity index (χ1) is 11.6. The number of imidazole rings is 1. The number of anilines is 1. The summed E-state index contributed by atoms with van der Waals surface area (Å²) in [6.45, 7) is 2.37. The summed E-state index contributed by atoms with van der Waals surface area (Å²) in [5, 5.41) is 3.19. The highest BCUT2D eigenvalue weighted by molar-refractivity contribution is 5.88. The van der Waals surface area contributed by atoms with Crippen molar-refractivity contribution in [3.05, 3.63) is 64.3 Å². The van der Waals surface area contributed by atoms with E-state index in [4.69, 9.17) is 4.74 Å². The normalized spacial score (nSPS) is 10.8. The molecule has 0 atom stereocenters. The SMILES string of the molecule is CCOC(=O)n1c(=O)[nH]c2cc(NCc3ccc(F)cc3)ccc21. The number of aromatic amines is 1. The molecule has 7 heteroatoms. The van der Waals surface area contributed by atoms with Gasteiger partial charge in [-0.3, -0.25) is 0 Å². The van der Waals surface area contributed by atoms with E-state index in [-0.39, 0.29) is 12.4 Å². The Hall–Kier alpha value is -3.09. The molecule has 0 aliphatic rings. The monoisotopic (exact) mass is 329 g/mol. The van der Waals surface area contributed by atoms with Gasteiger partial charge in [0.1, 0.15) is 5.82 Å². The highest BCUT2D eigenvalue weighted by Gasteiger charge is 2.14. The topological polar surface area (TPSA) is 76.1 Å². The molecule has 2 N–H and O–H groups in total. The van der Waals surface area contributed by atoms with E-state index < -0.39 is 11.8 Å². The maximum atomic E-state index is 12.9. The molecule has 0 bridgehead atoms. The molecule has 1 heterocycles. The van der Waals surface area contributed by atoms with Crippen molar-refractivity contribution >= 4 is 22.8 Å². The van der Waals surface area contributed by atoms with E-state index >= 15 is 0 Å². The molecule has 2 aromatic carbocycles. The predicted octanol–water partition coefficient (Wildman–Crippen LogP) is 3.09. The third-order valence-corrected chi connectivity index (χ3v) is 3.54.